The molecule has 0 aliphatic heterocycles. The molecule has 0 aliphatic carbocycles. The number of halogens is 1. The van der Waals surface area contributed by atoms with E-state index in [-0.39, 0.29) is 0 Å². The Morgan fingerprint density at radius 1 is 1.11 bits per heavy atom. The molecule has 1 heterocycles. The van der Waals surface area contributed by atoms with Gasteiger partial charge in [0.15, 0.2) is 0 Å². The van der Waals surface area contributed by atoms with Crippen LogP contribution in [0.3, 0.4) is 0 Å². The summed E-state index contributed by atoms with van der Waals surface area (Å²) in [4.78, 5) is 0. The van der Waals surface area contributed by atoms with Crippen LogP contribution in [-0.4, -0.2) is 10.2 Å². The number of benzene rings is 2. The van der Waals surface area contributed by atoms with Crippen molar-refractivity contribution in [1.29, 1.82) is 0 Å². The van der Waals surface area contributed by atoms with Crippen molar-refractivity contribution in [2.24, 2.45) is 0 Å². The third-order valence-corrected chi connectivity index (χ3v) is 3.38. The van der Waals surface area contributed by atoms with Crippen LogP contribution in [0.1, 0.15) is 5.56 Å². The molecule has 3 aromatic rings. The molecule has 90 valence electrons. The predicted molar refractivity (Wildman–Crippen MR) is 77.6 cm³/mol. The summed E-state index contributed by atoms with van der Waals surface area (Å²) in [5.41, 5.74) is 3.40. The molecule has 0 fully saturated rings. The van der Waals surface area contributed by atoms with Gasteiger partial charge in [0, 0.05) is 22.1 Å². The lowest BCUT2D eigenvalue weighted by molar-refractivity contribution is 1.12. The molecule has 18 heavy (non-hydrogen) atoms. The third kappa shape index (κ3) is 2.38. The Labute approximate surface area is 113 Å². The van der Waals surface area contributed by atoms with E-state index in [2.05, 4.69) is 73.9 Å². The van der Waals surface area contributed by atoms with Gasteiger partial charge >= 0.3 is 0 Å². The molecule has 4 heteroatoms. The quantitative estimate of drug-likeness (QED) is 0.769. The molecule has 0 atom stereocenters. The Bertz CT molecular complexity index is 658. The second-order valence-electron chi connectivity index (χ2n) is 4.15. The number of aromatic amines is 1. The molecular weight excluding hydrogens is 290 g/mol. The van der Waals surface area contributed by atoms with Gasteiger partial charge in [-0.25, -0.2) is 0 Å². The molecule has 0 saturated carbocycles. The summed E-state index contributed by atoms with van der Waals surface area (Å²) in [6, 6.07) is 14.5. The van der Waals surface area contributed by atoms with Crippen molar-refractivity contribution in [3.05, 3.63) is 58.7 Å². The van der Waals surface area contributed by atoms with Crippen molar-refractivity contribution in [1.82, 2.24) is 10.2 Å². The lowest BCUT2D eigenvalue weighted by atomic mass is 10.2. The van der Waals surface area contributed by atoms with Crippen molar-refractivity contribution in [2.45, 2.75) is 6.54 Å². The summed E-state index contributed by atoms with van der Waals surface area (Å²) in [7, 11) is 0. The lowest BCUT2D eigenvalue weighted by Crippen LogP contribution is -1.98. The van der Waals surface area contributed by atoms with Crippen molar-refractivity contribution >= 4 is 32.5 Å². The van der Waals surface area contributed by atoms with E-state index in [1.807, 2.05) is 6.20 Å². The molecule has 0 bridgehead atoms. The Balaban J connectivity index is 1.74. The number of hydrogen-bond acceptors (Lipinski definition) is 2. The highest BCUT2D eigenvalue weighted by molar-refractivity contribution is 9.10. The van der Waals surface area contributed by atoms with Gasteiger partial charge in [0.25, 0.3) is 0 Å². The number of rotatable bonds is 3. The van der Waals surface area contributed by atoms with E-state index in [1.54, 1.807) is 0 Å². The molecule has 0 spiro atoms. The van der Waals surface area contributed by atoms with Crippen LogP contribution in [0.4, 0.5) is 5.69 Å². The van der Waals surface area contributed by atoms with Crippen LogP contribution in [0.2, 0.25) is 0 Å². The summed E-state index contributed by atoms with van der Waals surface area (Å²) in [5.74, 6) is 0. The number of nitrogens with one attached hydrogen (secondary N) is 2. The fraction of sp³-hybridized carbons (Fsp3) is 0.0714. The second kappa shape index (κ2) is 4.82. The highest BCUT2D eigenvalue weighted by Crippen LogP contribution is 2.17. The van der Waals surface area contributed by atoms with Crippen molar-refractivity contribution in [2.75, 3.05) is 5.32 Å². The fourth-order valence-corrected chi connectivity index (χ4v) is 2.12. The number of aromatic nitrogens is 2. The number of nitrogens with zero attached hydrogens (tertiary/aromatic N) is 1. The molecule has 2 aromatic carbocycles. The minimum atomic E-state index is 0.812. The summed E-state index contributed by atoms with van der Waals surface area (Å²) >= 11 is 3.43. The molecule has 0 aliphatic rings. The maximum atomic E-state index is 4.01. The van der Waals surface area contributed by atoms with Crippen molar-refractivity contribution < 1.29 is 0 Å². The Hall–Kier alpha value is -1.81. The maximum Gasteiger partial charge on any atom is 0.0670 e. The van der Waals surface area contributed by atoms with Gasteiger partial charge in [-0.1, -0.05) is 28.1 Å². The van der Waals surface area contributed by atoms with Gasteiger partial charge in [-0.05, 0) is 35.9 Å². The molecule has 0 saturated heterocycles. The molecule has 2 N–H and O–H groups in total. The number of hydrogen-bond donors (Lipinski definition) is 2. The lowest BCUT2D eigenvalue weighted by Gasteiger charge is -2.06. The third-order valence-electron chi connectivity index (χ3n) is 2.85. The molecule has 1 aromatic heterocycles. The van der Waals surface area contributed by atoms with Gasteiger partial charge in [-0.2, -0.15) is 5.10 Å². The van der Waals surface area contributed by atoms with E-state index in [0.29, 0.717) is 0 Å². The normalized spacial score (nSPS) is 10.7. The predicted octanol–water partition coefficient (Wildman–Crippen LogP) is 3.94. The van der Waals surface area contributed by atoms with Gasteiger partial charge in [0.2, 0.25) is 0 Å². The monoisotopic (exact) mass is 301 g/mol. The molecule has 0 unspecified atom stereocenters. The Morgan fingerprint density at radius 2 is 1.94 bits per heavy atom. The van der Waals surface area contributed by atoms with Gasteiger partial charge in [0.1, 0.15) is 0 Å². The molecule has 0 amide bonds. The zero-order chi connectivity index (χ0) is 12.4. The average molecular weight is 302 g/mol. The van der Waals surface area contributed by atoms with Crippen LogP contribution >= 0.6 is 15.9 Å². The zero-order valence-electron chi connectivity index (χ0n) is 9.65. The van der Waals surface area contributed by atoms with Gasteiger partial charge in [-0.3, -0.25) is 5.10 Å². The first-order valence-electron chi connectivity index (χ1n) is 5.73. The fourth-order valence-electron chi connectivity index (χ4n) is 1.85. The van der Waals surface area contributed by atoms with E-state index in [9.17, 15) is 0 Å². The highest BCUT2D eigenvalue weighted by Gasteiger charge is 1.98. The van der Waals surface area contributed by atoms with E-state index in [1.165, 1.54) is 5.56 Å². The topological polar surface area (TPSA) is 40.7 Å². The summed E-state index contributed by atoms with van der Waals surface area (Å²) in [5, 5.41) is 11.5. The van der Waals surface area contributed by atoms with E-state index >= 15 is 0 Å². The minimum absolute atomic E-state index is 0.812. The number of H-pyrrole nitrogens is 1. The maximum absolute atomic E-state index is 4.01. The van der Waals surface area contributed by atoms with Crippen LogP contribution in [0.5, 0.6) is 0 Å². The van der Waals surface area contributed by atoms with E-state index in [4.69, 9.17) is 0 Å². The molecule has 3 rings (SSSR count). The van der Waals surface area contributed by atoms with E-state index < -0.39 is 0 Å². The number of anilines is 1. The SMILES string of the molecule is Brc1ccc(CNc2ccc3cn[nH]c3c2)cc1. The largest absolute Gasteiger partial charge is 0.381 e. The van der Waals surface area contributed by atoms with Crippen LogP contribution < -0.4 is 5.32 Å². The Kier molecular flexibility index (Phi) is 3.02. The van der Waals surface area contributed by atoms with Crippen LogP contribution in [-0.2, 0) is 6.54 Å². The smallest absolute Gasteiger partial charge is 0.0670 e. The Morgan fingerprint density at radius 3 is 2.78 bits per heavy atom. The van der Waals surface area contributed by atoms with Gasteiger partial charge in [0.05, 0.1) is 11.7 Å². The average Bonchev–Trinajstić information content (AvgIpc) is 2.85. The first-order chi connectivity index (χ1) is 8.81. The van der Waals surface area contributed by atoms with Gasteiger partial charge in [-0.15, -0.1) is 0 Å². The summed E-state index contributed by atoms with van der Waals surface area (Å²) in [6.07, 6.45) is 1.83. The number of fused-ring (bicyclic) bond motifs is 1. The minimum Gasteiger partial charge on any atom is -0.381 e. The van der Waals surface area contributed by atoms with Crippen LogP contribution in [0, 0.1) is 0 Å². The first-order valence-corrected chi connectivity index (χ1v) is 6.52. The van der Waals surface area contributed by atoms with Crippen LogP contribution in [0.15, 0.2) is 53.1 Å². The molecular formula is C14H12BrN3. The van der Waals surface area contributed by atoms with Crippen molar-refractivity contribution in [3.63, 3.8) is 0 Å². The molecule has 3 nitrogen and oxygen atoms in total. The van der Waals surface area contributed by atoms with Gasteiger partial charge < -0.3 is 5.32 Å². The zero-order valence-corrected chi connectivity index (χ0v) is 11.2. The highest BCUT2D eigenvalue weighted by atomic mass is 79.9. The second-order valence-corrected chi connectivity index (χ2v) is 5.07. The summed E-state index contributed by atoms with van der Waals surface area (Å²) < 4.78 is 1.10. The standard InChI is InChI=1S/C14H12BrN3/c15-12-4-1-10(2-5-12)8-16-13-6-3-11-9-17-18-14(11)7-13/h1-7,9,16H,8H2,(H,17,18). The first kappa shape index (κ1) is 11.3. The van der Waals surface area contributed by atoms with Crippen molar-refractivity contribution in [3.8, 4) is 0 Å². The molecule has 0 radical (unpaired) electrons. The van der Waals surface area contributed by atoms with Crippen LogP contribution in [0.25, 0.3) is 10.9 Å². The van der Waals surface area contributed by atoms with E-state index in [0.717, 1.165) is 27.6 Å². The summed E-state index contributed by atoms with van der Waals surface area (Å²) in [6.45, 7) is 0.812.